The van der Waals surface area contributed by atoms with Crippen LogP contribution in [0.5, 0.6) is 0 Å². The first-order valence-electron chi connectivity index (χ1n) is 10.1. The van der Waals surface area contributed by atoms with Gasteiger partial charge in [-0.25, -0.2) is 27.2 Å². The van der Waals surface area contributed by atoms with E-state index >= 15 is 0 Å². The van der Waals surface area contributed by atoms with E-state index in [1.807, 2.05) is 11.5 Å². The van der Waals surface area contributed by atoms with Gasteiger partial charge in [-0.05, 0) is 44.0 Å². The Morgan fingerprint density at radius 2 is 1.91 bits per heavy atom. The first-order chi connectivity index (χ1) is 15.0. The van der Waals surface area contributed by atoms with Crippen molar-refractivity contribution in [3.8, 4) is 0 Å². The maximum absolute atomic E-state index is 12.7. The van der Waals surface area contributed by atoms with Crippen molar-refractivity contribution < 1.29 is 17.9 Å². The van der Waals surface area contributed by atoms with Crippen molar-refractivity contribution in [3.05, 3.63) is 51.2 Å². The summed E-state index contributed by atoms with van der Waals surface area (Å²) in [6.45, 7) is 5.82. The van der Waals surface area contributed by atoms with Gasteiger partial charge in [0.1, 0.15) is 18.0 Å². The molecule has 0 spiro atoms. The van der Waals surface area contributed by atoms with Crippen LogP contribution in [-0.4, -0.2) is 52.1 Å². The Morgan fingerprint density at radius 1 is 1.22 bits per heavy atom. The van der Waals surface area contributed by atoms with Crippen molar-refractivity contribution in [1.29, 1.82) is 0 Å². The first-order valence-corrected chi connectivity index (χ1v) is 11.6. The molecule has 0 bridgehead atoms. The van der Waals surface area contributed by atoms with Crippen LogP contribution in [0.3, 0.4) is 0 Å². The number of imidazole rings is 1. The number of rotatable bonds is 7. The number of ether oxygens (including phenoxy) is 1. The molecule has 0 amide bonds. The molecule has 0 aliphatic heterocycles. The zero-order valence-electron chi connectivity index (χ0n) is 19.0. The van der Waals surface area contributed by atoms with E-state index in [0.29, 0.717) is 29.1 Å². The number of aromatic nitrogens is 4. The van der Waals surface area contributed by atoms with Crippen molar-refractivity contribution in [1.82, 2.24) is 23.6 Å². The molecule has 0 N–H and O–H groups in total. The second-order valence-electron chi connectivity index (χ2n) is 7.71. The van der Waals surface area contributed by atoms with E-state index in [1.54, 1.807) is 19.9 Å². The third kappa shape index (κ3) is 4.17. The summed E-state index contributed by atoms with van der Waals surface area (Å²) in [5, 5.41) is 4.07. The highest BCUT2D eigenvalue weighted by Gasteiger charge is 2.22. The van der Waals surface area contributed by atoms with Crippen molar-refractivity contribution in [2.24, 2.45) is 7.05 Å². The summed E-state index contributed by atoms with van der Waals surface area (Å²) in [4.78, 5) is 29.8. The fourth-order valence-electron chi connectivity index (χ4n) is 3.41. The summed E-state index contributed by atoms with van der Waals surface area (Å²) in [5.41, 5.74) is 1.67. The Balaban J connectivity index is 1.98. The number of hydrogen-bond acceptors (Lipinski definition) is 7. The predicted octanol–water partition coefficient (Wildman–Crippen LogP) is 1.76. The third-order valence-corrected chi connectivity index (χ3v) is 7.10. The molecule has 3 rings (SSSR count). The van der Waals surface area contributed by atoms with Gasteiger partial charge in [0, 0.05) is 27.7 Å². The van der Waals surface area contributed by atoms with Crippen LogP contribution in [0.1, 0.15) is 40.8 Å². The molecule has 3 aromatic rings. The number of fused-ring (bicyclic) bond motifs is 1. The maximum Gasteiger partial charge on any atom is 0.344 e. The van der Waals surface area contributed by atoms with Gasteiger partial charge in [0.2, 0.25) is 10.0 Å². The lowest BCUT2D eigenvalue weighted by atomic mass is 10.1. The number of carbonyl (C=O) groups is 1. The van der Waals surface area contributed by atoms with Gasteiger partial charge in [-0.1, -0.05) is 6.92 Å². The SMILES string of the molecule is CCCn1c(COC(=O)c2c(C)c(C)nn(C)c2=O)nc2cc(S(=O)(=O)N(C)C)ccc21. The molecule has 1 aromatic carbocycles. The quantitative estimate of drug-likeness (QED) is 0.492. The molecule has 2 heterocycles. The van der Waals surface area contributed by atoms with Gasteiger partial charge in [0.05, 0.1) is 21.6 Å². The van der Waals surface area contributed by atoms with Gasteiger partial charge >= 0.3 is 5.97 Å². The summed E-state index contributed by atoms with van der Waals surface area (Å²) in [7, 11) is 0.801. The average molecular weight is 462 g/mol. The van der Waals surface area contributed by atoms with Gasteiger partial charge < -0.3 is 9.30 Å². The molecule has 11 heteroatoms. The number of carbonyl (C=O) groups excluding carboxylic acids is 1. The van der Waals surface area contributed by atoms with Crippen molar-refractivity contribution in [3.63, 3.8) is 0 Å². The molecule has 0 unspecified atom stereocenters. The van der Waals surface area contributed by atoms with E-state index in [-0.39, 0.29) is 17.1 Å². The van der Waals surface area contributed by atoms with Gasteiger partial charge in [-0.2, -0.15) is 5.10 Å². The fraction of sp³-hybridized carbons (Fsp3) is 0.429. The Morgan fingerprint density at radius 3 is 2.53 bits per heavy atom. The standard InChI is InChI=1S/C21H27N5O5S/c1-7-10-26-17-9-8-15(32(29,30)24(4)5)11-16(17)22-18(26)12-31-21(28)19-13(2)14(3)23-25(6)20(19)27/h8-9,11H,7,10,12H2,1-6H3. The largest absolute Gasteiger partial charge is 0.454 e. The lowest BCUT2D eigenvalue weighted by Crippen LogP contribution is -2.30. The number of hydrogen-bond donors (Lipinski definition) is 0. The zero-order chi connectivity index (χ0) is 23.8. The van der Waals surface area contributed by atoms with E-state index in [4.69, 9.17) is 4.74 Å². The number of nitrogens with zero attached hydrogens (tertiary/aromatic N) is 5. The highest BCUT2D eigenvalue weighted by Crippen LogP contribution is 2.23. The van der Waals surface area contributed by atoms with Crippen LogP contribution < -0.4 is 5.56 Å². The van der Waals surface area contributed by atoms with Crippen LogP contribution in [-0.2, 0) is 35.0 Å². The van der Waals surface area contributed by atoms with Crippen LogP contribution in [0, 0.1) is 13.8 Å². The van der Waals surface area contributed by atoms with Gasteiger partial charge in [0.25, 0.3) is 5.56 Å². The minimum absolute atomic E-state index is 0.0579. The summed E-state index contributed by atoms with van der Waals surface area (Å²) in [6, 6.07) is 4.74. The highest BCUT2D eigenvalue weighted by molar-refractivity contribution is 7.89. The fourth-order valence-corrected chi connectivity index (χ4v) is 4.33. The van der Waals surface area contributed by atoms with Crippen molar-refractivity contribution >= 4 is 27.0 Å². The molecule has 172 valence electrons. The molecule has 0 saturated heterocycles. The molecule has 2 aromatic heterocycles. The van der Waals surface area contributed by atoms with E-state index in [1.165, 1.54) is 33.3 Å². The average Bonchev–Trinajstić information content (AvgIpc) is 3.08. The van der Waals surface area contributed by atoms with Crippen LogP contribution in [0.25, 0.3) is 11.0 Å². The molecule has 0 atom stereocenters. The Labute approximate surface area is 186 Å². The number of benzene rings is 1. The summed E-state index contributed by atoms with van der Waals surface area (Å²) in [6.07, 6.45) is 0.799. The van der Waals surface area contributed by atoms with Crippen LogP contribution >= 0.6 is 0 Å². The van der Waals surface area contributed by atoms with E-state index in [2.05, 4.69) is 10.1 Å². The normalized spacial score (nSPS) is 12.0. The van der Waals surface area contributed by atoms with Gasteiger partial charge in [-0.15, -0.1) is 0 Å². The zero-order valence-corrected chi connectivity index (χ0v) is 19.9. The number of sulfonamides is 1. The second-order valence-corrected chi connectivity index (χ2v) is 9.86. The summed E-state index contributed by atoms with van der Waals surface area (Å²) in [5.74, 6) is -0.283. The van der Waals surface area contributed by atoms with Gasteiger partial charge in [0.15, 0.2) is 0 Å². The van der Waals surface area contributed by atoms with E-state index in [9.17, 15) is 18.0 Å². The van der Waals surface area contributed by atoms with Crippen molar-refractivity contribution in [2.45, 2.75) is 45.2 Å². The Hall–Kier alpha value is -3.05. The monoisotopic (exact) mass is 461 g/mol. The van der Waals surface area contributed by atoms with Crippen LogP contribution in [0.15, 0.2) is 27.9 Å². The van der Waals surface area contributed by atoms with Gasteiger partial charge in [-0.3, -0.25) is 4.79 Å². The highest BCUT2D eigenvalue weighted by atomic mass is 32.2. The van der Waals surface area contributed by atoms with E-state index in [0.717, 1.165) is 20.9 Å². The molecule has 10 nitrogen and oxygen atoms in total. The molecular weight excluding hydrogens is 434 g/mol. The lowest BCUT2D eigenvalue weighted by molar-refractivity contribution is 0.0454. The molecule has 0 aliphatic rings. The topological polar surface area (TPSA) is 116 Å². The summed E-state index contributed by atoms with van der Waals surface area (Å²) < 4.78 is 34.5. The minimum atomic E-state index is -3.61. The Kier molecular flexibility index (Phi) is 6.51. The summed E-state index contributed by atoms with van der Waals surface area (Å²) >= 11 is 0. The molecule has 0 saturated carbocycles. The molecular formula is C21H27N5O5S. The molecule has 0 aliphatic carbocycles. The minimum Gasteiger partial charge on any atom is -0.454 e. The van der Waals surface area contributed by atoms with Crippen LogP contribution in [0.4, 0.5) is 0 Å². The third-order valence-electron chi connectivity index (χ3n) is 5.29. The second kappa shape index (κ2) is 8.83. The molecule has 0 radical (unpaired) electrons. The molecule has 32 heavy (non-hydrogen) atoms. The number of aryl methyl sites for hydroxylation is 3. The molecule has 0 fully saturated rings. The van der Waals surface area contributed by atoms with Crippen LogP contribution in [0.2, 0.25) is 0 Å². The van der Waals surface area contributed by atoms with Crippen molar-refractivity contribution in [2.75, 3.05) is 14.1 Å². The Bertz CT molecular complexity index is 1360. The lowest BCUT2D eigenvalue weighted by Gasteiger charge is -2.12. The first kappa shape index (κ1) is 23.6. The predicted molar refractivity (Wildman–Crippen MR) is 119 cm³/mol. The van der Waals surface area contributed by atoms with E-state index < -0.39 is 21.6 Å². The maximum atomic E-state index is 12.7. The smallest absolute Gasteiger partial charge is 0.344 e. The number of esters is 1.